The fraction of sp³-hybridized carbons (Fsp3) is 0.0870. The zero-order valence-corrected chi connectivity index (χ0v) is 15.6. The highest BCUT2D eigenvalue weighted by molar-refractivity contribution is 5.97. The molecule has 0 heterocycles. The van der Waals surface area contributed by atoms with Gasteiger partial charge in [0.2, 0.25) is 0 Å². The van der Waals surface area contributed by atoms with Gasteiger partial charge in [0, 0.05) is 0 Å². The molecule has 6 heteroatoms. The lowest BCUT2D eigenvalue weighted by atomic mass is 10.2. The van der Waals surface area contributed by atoms with Gasteiger partial charge < -0.3 is 9.47 Å². The van der Waals surface area contributed by atoms with Gasteiger partial charge >= 0.3 is 0 Å². The summed E-state index contributed by atoms with van der Waals surface area (Å²) in [6.45, 7) is 0.657. The minimum Gasteiger partial charge on any atom is -0.490 e. The van der Waals surface area contributed by atoms with Crippen molar-refractivity contribution in [1.29, 1.82) is 5.26 Å². The fourth-order valence-corrected chi connectivity index (χ4v) is 2.48. The third-order valence-electron chi connectivity index (χ3n) is 3.90. The van der Waals surface area contributed by atoms with Crippen molar-refractivity contribution < 1.29 is 14.3 Å². The molecule has 0 aliphatic carbocycles. The molecule has 0 spiro atoms. The topological polar surface area (TPSA) is 83.7 Å². The van der Waals surface area contributed by atoms with Gasteiger partial charge in [0.25, 0.3) is 5.91 Å². The van der Waals surface area contributed by atoms with Crippen LogP contribution in [-0.2, 0) is 0 Å². The van der Waals surface area contributed by atoms with Crippen LogP contribution in [0.4, 0.5) is 0 Å². The zero-order chi connectivity index (χ0) is 20.3. The number of rotatable bonds is 8. The van der Waals surface area contributed by atoms with Crippen LogP contribution in [-0.4, -0.2) is 25.3 Å². The first-order valence-corrected chi connectivity index (χ1v) is 8.99. The summed E-state index contributed by atoms with van der Waals surface area (Å²) < 4.78 is 11.3. The number of nitrogens with one attached hydrogen (secondary N) is 1. The van der Waals surface area contributed by atoms with Crippen molar-refractivity contribution in [1.82, 2.24) is 5.43 Å². The number of carbonyl (C=O) groups excluding carboxylic acids is 1. The molecule has 0 aliphatic rings. The highest BCUT2D eigenvalue weighted by Crippen LogP contribution is 2.18. The molecule has 6 nitrogen and oxygen atoms in total. The lowest BCUT2D eigenvalue weighted by Crippen LogP contribution is -2.19. The number of carbonyl (C=O) groups is 1. The van der Waals surface area contributed by atoms with Gasteiger partial charge in [-0.3, -0.25) is 4.79 Å². The Kier molecular flexibility index (Phi) is 6.97. The number of amides is 1. The molecule has 0 unspecified atom stereocenters. The summed E-state index contributed by atoms with van der Waals surface area (Å²) >= 11 is 0. The summed E-state index contributed by atoms with van der Waals surface area (Å²) in [5.41, 5.74) is 4.20. The van der Waals surface area contributed by atoms with E-state index >= 15 is 0 Å². The quantitative estimate of drug-likeness (QED) is 0.363. The Bertz CT molecular complexity index is 1010. The van der Waals surface area contributed by atoms with Crippen LogP contribution in [0.1, 0.15) is 21.5 Å². The van der Waals surface area contributed by atoms with E-state index in [-0.39, 0.29) is 5.91 Å². The average molecular weight is 385 g/mol. The molecule has 0 aromatic heterocycles. The van der Waals surface area contributed by atoms with Crippen molar-refractivity contribution in [3.8, 4) is 17.6 Å². The van der Waals surface area contributed by atoms with Crippen LogP contribution in [0.5, 0.6) is 11.5 Å². The van der Waals surface area contributed by atoms with Gasteiger partial charge in [-0.15, -0.1) is 0 Å². The second-order valence-electron chi connectivity index (χ2n) is 5.94. The summed E-state index contributed by atoms with van der Waals surface area (Å²) in [6, 6.07) is 25.3. The second kappa shape index (κ2) is 10.3. The third-order valence-corrected chi connectivity index (χ3v) is 3.90. The van der Waals surface area contributed by atoms with Crippen molar-refractivity contribution >= 4 is 12.1 Å². The molecule has 3 aromatic carbocycles. The predicted molar refractivity (Wildman–Crippen MR) is 110 cm³/mol. The maximum atomic E-state index is 12.4. The lowest BCUT2D eigenvalue weighted by molar-refractivity contribution is 0.0950. The molecule has 0 radical (unpaired) electrons. The van der Waals surface area contributed by atoms with E-state index in [2.05, 4.69) is 10.5 Å². The summed E-state index contributed by atoms with van der Waals surface area (Å²) in [5, 5.41) is 12.8. The van der Waals surface area contributed by atoms with E-state index in [9.17, 15) is 4.79 Å². The van der Waals surface area contributed by atoms with Gasteiger partial charge in [-0.1, -0.05) is 42.5 Å². The molecular formula is C23H19N3O3. The summed E-state index contributed by atoms with van der Waals surface area (Å²) in [5.74, 6) is 0.837. The highest BCUT2D eigenvalue weighted by atomic mass is 16.5. The Labute approximate surface area is 169 Å². The van der Waals surface area contributed by atoms with Crippen molar-refractivity contribution in [2.24, 2.45) is 5.10 Å². The molecule has 0 atom stereocenters. The van der Waals surface area contributed by atoms with E-state index in [1.54, 1.807) is 48.5 Å². The maximum Gasteiger partial charge on any atom is 0.275 e. The summed E-state index contributed by atoms with van der Waals surface area (Å²) in [6.07, 6.45) is 1.51. The molecule has 29 heavy (non-hydrogen) atoms. The van der Waals surface area contributed by atoms with Crippen molar-refractivity contribution in [2.75, 3.05) is 13.2 Å². The van der Waals surface area contributed by atoms with Crippen LogP contribution in [0.3, 0.4) is 0 Å². The van der Waals surface area contributed by atoms with Crippen molar-refractivity contribution in [2.45, 2.75) is 0 Å². The first kappa shape index (κ1) is 19.6. The van der Waals surface area contributed by atoms with Gasteiger partial charge in [0.05, 0.1) is 23.4 Å². The zero-order valence-electron chi connectivity index (χ0n) is 15.6. The molecule has 0 saturated heterocycles. The van der Waals surface area contributed by atoms with Crippen LogP contribution >= 0.6 is 0 Å². The summed E-state index contributed by atoms with van der Waals surface area (Å²) in [4.78, 5) is 12.4. The minimum atomic E-state index is -0.380. The standard InChI is InChI=1S/C23H19N3O3/c24-16-18-10-12-19(13-11-18)17-25-26-23(27)21-8-4-5-9-22(21)29-15-14-28-20-6-2-1-3-7-20/h1-13,17H,14-15H2,(H,26,27)/b25-17-. The largest absolute Gasteiger partial charge is 0.490 e. The van der Waals surface area contributed by atoms with Gasteiger partial charge in [-0.2, -0.15) is 10.4 Å². The van der Waals surface area contributed by atoms with Crippen LogP contribution in [0.25, 0.3) is 0 Å². The van der Waals surface area contributed by atoms with E-state index in [1.807, 2.05) is 36.4 Å². The molecular weight excluding hydrogens is 366 g/mol. The molecule has 1 amide bonds. The van der Waals surface area contributed by atoms with E-state index < -0.39 is 0 Å². The first-order chi connectivity index (χ1) is 14.3. The molecule has 144 valence electrons. The Morgan fingerprint density at radius 1 is 0.931 bits per heavy atom. The Morgan fingerprint density at radius 3 is 2.38 bits per heavy atom. The van der Waals surface area contributed by atoms with Crippen molar-refractivity contribution in [3.05, 3.63) is 95.6 Å². The molecule has 1 N–H and O–H groups in total. The monoisotopic (exact) mass is 385 g/mol. The van der Waals surface area contributed by atoms with Crippen molar-refractivity contribution in [3.63, 3.8) is 0 Å². The molecule has 0 bridgehead atoms. The normalized spacial score (nSPS) is 10.3. The maximum absolute atomic E-state index is 12.4. The van der Waals surface area contributed by atoms with Gasteiger partial charge in [0.1, 0.15) is 24.7 Å². The smallest absolute Gasteiger partial charge is 0.275 e. The molecule has 0 fully saturated rings. The van der Waals surface area contributed by atoms with E-state index in [4.69, 9.17) is 14.7 Å². The Hall–Kier alpha value is -4.11. The van der Waals surface area contributed by atoms with Gasteiger partial charge in [0.15, 0.2) is 0 Å². The third kappa shape index (κ3) is 5.94. The van der Waals surface area contributed by atoms with Gasteiger partial charge in [-0.25, -0.2) is 5.43 Å². The summed E-state index contributed by atoms with van der Waals surface area (Å²) in [7, 11) is 0. The van der Waals surface area contributed by atoms with E-state index in [0.29, 0.717) is 30.1 Å². The minimum absolute atomic E-state index is 0.299. The Balaban J connectivity index is 1.53. The number of para-hydroxylation sites is 2. The van der Waals surface area contributed by atoms with Crippen LogP contribution in [0.15, 0.2) is 84.0 Å². The number of nitriles is 1. The second-order valence-corrected chi connectivity index (χ2v) is 5.94. The Morgan fingerprint density at radius 2 is 1.62 bits per heavy atom. The first-order valence-electron chi connectivity index (χ1n) is 8.99. The predicted octanol–water partition coefficient (Wildman–Crippen LogP) is 3.78. The van der Waals surface area contributed by atoms with Crippen LogP contribution < -0.4 is 14.9 Å². The number of hydrogen-bond acceptors (Lipinski definition) is 5. The van der Waals surface area contributed by atoms with E-state index in [0.717, 1.165) is 11.3 Å². The average Bonchev–Trinajstić information content (AvgIpc) is 2.78. The number of ether oxygens (including phenoxy) is 2. The van der Waals surface area contributed by atoms with Gasteiger partial charge in [-0.05, 0) is 42.0 Å². The number of benzene rings is 3. The molecule has 0 saturated carbocycles. The van der Waals surface area contributed by atoms with Crippen LogP contribution in [0.2, 0.25) is 0 Å². The highest BCUT2D eigenvalue weighted by Gasteiger charge is 2.11. The lowest BCUT2D eigenvalue weighted by Gasteiger charge is -2.11. The van der Waals surface area contributed by atoms with Crippen LogP contribution in [0, 0.1) is 11.3 Å². The SMILES string of the molecule is N#Cc1ccc(/C=N\NC(=O)c2ccccc2OCCOc2ccccc2)cc1. The number of hydrogen-bond donors (Lipinski definition) is 1. The molecule has 3 rings (SSSR count). The molecule has 3 aromatic rings. The molecule has 0 aliphatic heterocycles. The fourth-order valence-electron chi connectivity index (χ4n) is 2.48. The van der Waals surface area contributed by atoms with E-state index in [1.165, 1.54) is 6.21 Å². The number of hydrazone groups is 1. The number of nitrogens with zero attached hydrogens (tertiary/aromatic N) is 2.